The SMILES string of the molecule is CCCCCCCCCCCCOc1ccc(-c2ccc(-c3ccc(C4(CCCC)SCCS4)s3)cc2)cc1. The van der Waals surface area contributed by atoms with Gasteiger partial charge in [0, 0.05) is 21.3 Å². The predicted molar refractivity (Wildman–Crippen MR) is 179 cm³/mol. The van der Waals surface area contributed by atoms with Gasteiger partial charge in [-0.1, -0.05) is 121 Å². The molecule has 1 fully saturated rings. The molecule has 1 aliphatic rings. The molecule has 0 radical (unpaired) electrons. The summed E-state index contributed by atoms with van der Waals surface area (Å²) in [6.07, 6.45) is 17.4. The Balaban J connectivity index is 1.21. The van der Waals surface area contributed by atoms with E-state index < -0.39 is 0 Å². The van der Waals surface area contributed by atoms with Crippen molar-refractivity contribution in [1.82, 2.24) is 0 Å². The highest BCUT2D eigenvalue weighted by Gasteiger charge is 2.38. The van der Waals surface area contributed by atoms with Gasteiger partial charge in [0.15, 0.2) is 0 Å². The van der Waals surface area contributed by atoms with Crippen LogP contribution in [0.25, 0.3) is 21.6 Å². The monoisotopic (exact) mass is 580 g/mol. The topological polar surface area (TPSA) is 9.23 Å². The van der Waals surface area contributed by atoms with Gasteiger partial charge >= 0.3 is 0 Å². The van der Waals surface area contributed by atoms with Gasteiger partial charge in [-0.3, -0.25) is 0 Å². The van der Waals surface area contributed by atoms with Crippen molar-refractivity contribution in [2.75, 3.05) is 18.1 Å². The summed E-state index contributed by atoms with van der Waals surface area (Å²) in [5.74, 6) is 3.54. The standard InChI is InChI=1S/C35H48OS3/c1-3-5-7-8-9-10-11-12-13-14-26-36-32-21-19-30(20-22-32)29-15-17-31(18-16-29)33-23-24-34(39-33)35(25-6-4-2)37-27-28-38-35/h15-24H,3-14,25-28H2,1-2H3. The highest BCUT2D eigenvalue weighted by Crippen LogP contribution is 2.57. The summed E-state index contributed by atoms with van der Waals surface area (Å²) >= 11 is 6.33. The molecule has 0 N–H and O–H groups in total. The second-order valence-electron chi connectivity index (χ2n) is 10.8. The molecule has 1 aliphatic heterocycles. The lowest BCUT2D eigenvalue weighted by Crippen LogP contribution is -2.12. The molecule has 39 heavy (non-hydrogen) atoms. The fourth-order valence-electron chi connectivity index (χ4n) is 5.32. The minimum Gasteiger partial charge on any atom is -0.494 e. The fraction of sp³-hybridized carbons (Fsp3) is 0.543. The summed E-state index contributed by atoms with van der Waals surface area (Å²) in [6, 6.07) is 22.5. The van der Waals surface area contributed by atoms with Crippen molar-refractivity contribution in [3.63, 3.8) is 0 Å². The molecule has 0 spiro atoms. The average molecular weight is 581 g/mol. The number of hydrogen-bond donors (Lipinski definition) is 0. The largest absolute Gasteiger partial charge is 0.494 e. The summed E-state index contributed by atoms with van der Waals surface area (Å²) in [4.78, 5) is 2.94. The van der Waals surface area contributed by atoms with Gasteiger partial charge in [-0.2, -0.15) is 0 Å². The minimum atomic E-state index is 0.288. The van der Waals surface area contributed by atoms with Crippen LogP contribution in [0.15, 0.2) is 60.7 Å². The number of unbranched alkanes of at least 4 members (excludes halogenated alkanes) is 10. The van der Waals surface area contributed by atoms with E-state index in [-0.39, 0.29) is 4.08 Å². The molecule has 0 unspecified atom stereocenters. The Labute approximate surface area is 250 Å². The van der Waals surface area contributed by atoms with Gasteiger partial charge in [0.25, 0.3) is 0 Å². The Morgan fingerprint density at radius 1 is 0.590 bits per heavy atom. The van der Waals surface area contributed by atoms with Crippen LogP contribution in [0.3, 0.4) is 0 Å². The molecule has 1 aromatic heterocycles. The number of hydrogen-bond acceptors (Lipinski definition) is 4. The van der Waals surface area contributed by atoms with E-state index in [0.717, 1.165) is 18.8 Å². The molecule has 212 valence electrons. The minimum absolute atomic E-state index is 0.288. The van der Waals surface area contributed by atoms with E-state index in [0.29, 0.717) is 0 Å². The lowest BCUT2D eigenvalue weighted by Gasteiger charge is -2.25. The summed E-state index contributed by atoms with van der Waals surface area (Å²) in [7, 11) is 0. The zero-order valence-corrected chi connectivity index (χ0v) is 26.7. The zero-order chi connectivity index (χ0) is 27.2. The van der Waals surface area contributed by atoms with Crippen LogP contribution in [-0.2, 0) is 4.08 Å². The molecule has 1 saturated heterocycles. The van der Waals surface area contributed by atoms with Crippen LogP contribution in [0.5, 0.6) is 5.75 Å². The third kappa shape index (κ3) is 9.33. The van der Waals surface area contributed by atoms with Gasteiger partial charge in [-0.15, -0.1) is 34.9 Å². The summed E-state index contributed by atoms with van der Waals surface area (Å²) in [5.41, 5.74) is 3.83. The number of thiophene rings is 1. The normalized spacial score (nSPS) is 14.6. The van der Waals surface area contributed by atoms with Crippen molar-refractivity contribution in [2.24, 2.45) is 0 Å². The van der Waals surface area contributed by atoms with E-state index in [1.54, 1.807) is 4.88 Å². The number of rotatable bonds is 18. The summed E-state index contributed by atoms with van der Waals surface area (Å²) in [6.45, 7) is 5.41. The van der Waals surface area contributed by atoms with Crippen molar-refractivity contribution < 1.29 is 4.74 Å². The van der Waals surface area contributed by atoms with E-state index in [1.807, 2.05) is 11.3 Å². The second kappa shape index (κ2) is 16.8. The van der Waals surface area contributed by atoms with Crippen LogP contribution in [0.4, 0.5) is 0 Å². The van der Waals surface area contributed by atoms with E-state index in [4.69, 9.17) is 4.74 Å². The molecule has 2 heterocycles. The molecule has 0 aliphatic carbocycles. The quantitative estimate of drug-likeness (QED) is 0.138. The Morgan fingerprint density at radius 3 is 1.74 bits per heavy atom. The average Bonchev–Trinajstić information content (AvgIpc) is 3.67. The van der Waals surface area contributed by atoms with Crippen LogP contribution >= 0.6 is 34.9 Å². The molecular weight excluding hydrogens is 533 g/mol. The molecule has 4 rings (SSSR count). The maximum atomic E-state index is 6.02. The van der Waals surface area contributed by atoms with Crippen LogP contribution in [0, 0.1) is 0 Å². The number of thioether (sulfide) groups is 2. The van der Waals surface area contributed by atoms with Crippen LogP contribution in [0.2, 0.25) is 0 Å². The second-order valence-corrected chi connectivity index (χ2v) is 15.0. The summed E-state index contributed by atoms with van der Waals surface area (Å²) in [5, 5.41) is 0. The molecule has 0 atom stereocenters. The first-order chi connectivity index (χ1) is 19.2. The Hall–Kier alpha value is -1.36. The van der Waals surface area contributed by atoms with Crippen LogP contribution in [0.1, 0.15) is 102 Å². The van der Waals surface area contributed by atoms with Crippen molar-refractivity contribution in [3.8, 4) is 27.3 Å². The summed E-state index contributed by atoms with van der Waals surface area (Å²) < 4.78 is 6.31. The Bertz CT molecular complexity index is 1060. The van der Waals surface area contributed by atoms with Gasteiger partial charge < -0.3 is 4.74 Å². The van der Waals surface area contributed by atoms with Crippen molar-refractivity contribution in [3.05, 3.63) is 65.5 Å². The van der Waals surface area contributed by atoms with Crippen LogP contribution in [-0.4, -0.2) is 18.1 Å². The van der Waals surface area contributed by atoms with Gasteiger partial charge in [0.05, 0.1) is 10.7 Å². The highest BCUT2D eigenvalue weighted by atomic mass is 32.2. The van der Waals surface area contributed by atoms with Crippen molar-refractivity contribution in [2.45, 2.75) is 101 Å². The molecule has 0 amide bonds. The zero-order valence-electron chi connectivity index (χ0n) is 24.2. The molecule has 2 aromatic carbocycles. The molecule has 3 aromatic rings. The van der Waals surface area contributed by atoms with E-state index in [9.17, 15) is 0 Å². The lowest BCUT2D eigenvalue weighted by molar-refractivity contribution is 0.304. The third-order valence-corrected chi connectivity index (χ3v) is 12.8. The third-order valence-electron chi connectivity index (χ3n) is 7.72. The molecule has 4 heteroatoms. The number of ether oxygens (including phenoxy) is 1. The van der Waals surface area contributed by atoms with Crippen molar-refractivity contribution >= 4 is 34.9 Å². The number of benzene rings is 2. The van der Waals surface area contributed by atoms with Gasteiger partial charge in [0.2, 0.25) is 0 Å². The highest BCUT2D eigenvalue weighted by molar-refractivity contribution is 8.20. The Morgan fingerprint density at radius 2 is 1.13 bits per heavy atom. The first-order valence-corrected chi connectivity index (χ1v) is 18.2. The van der Waals surface area contributed by atoms with E-state index in [1.165, 1.54) is 110 Å². The smallest absolute Gasteiger partial charge is 0.119 e. The maximum Gasteiger partial charge on any atom is 0.119 e. The molecular formula is C35H48OS3. The first kappa shape index (κ1) is 30.6. The van der Waals surface area contributed by atoms with Gasteiger partial charge in [0.1, 0.15) is 5.75 Å². The Kier molecular flexibility index (Phi) is 13.2. The lowest BCUT2D eigenvalue weighted by atomic mass is 10.0. The maximum absolute atomic E-state index is 6.02. The molecule has 0 bridgehead atoms. The van der Waals surface area contributed by atoms with E-state index in [2.05, 4.69) is 98.0 Å². The molecule has 0 saturated carbocycles. The van der Waals surface area contributed by atoms with Crippen molar-refractivity contribution in [1.29, 1.82) is 0 Å². The fourth-order valence-corrected chi connectivity index (χ4v) is 10.1. The molecule has 1 nitrogen and oxygen atoms in total. The van der Waals surface area contributed by atoms with Gasteiger partial charge in [-0.25, -0.2) is 0 Å². The van der Waals surface area contributed by atoms with Gasteiger partial charge in [-0.05, 0) is 53.8 Å². The van der Waals surface area contributed by atoms with E-state index >= 15 is 0 Å². The van der Waals surface area contributed by atoms with Crippen LogP contribution < -0.4 is 4.74 Å². The first-order valence-electron chi connectivity index (χ1n) is 15.5. The predicted octanol–water partition coefficient (Wildman–Crippen LogP) is 12.2.